The number of hydrogen-bond donors (Lipinski definition) is 1. The summed E-state index contributed by atoms with van der Waals surface area (Å²) < 4.78 is 1.89. The SMILES string of the molecule is CCN(CC)c1ccc(-c2nnc(SCC(=O)Nc3cc(Cl)ccc3Cl)n2C)cc1. The van der Waals surface area contributed by atoms with Gasteiger partial charge in [0, 0.05) is 36.4 Å². The molecular weight excluding hydrogens is 441 g/mol. The fourth-order valence-corrected chi connectivity index (χ4v) is 4.06. The monoisotopic (exact) mass is 463 g/mol. The number of anilines is 2. The van der Waals surface area contributed by atoms with Gasteiger partial charge in [-0.2, -0.15) is 0 Å². The highest BCUT2D eigenvalue weighted by Gasteiger charge is 2.14. The van der Waals surface area contributed by atoms with E-state index in [0.717, 1.165) is 24.5 Å². The molecule has 0 saturated carbocycles. The summed E-state index contributed by atoms with van der Waals surface area (Å²) in [6.45, 7) is 6.20. The smallest absolute Gasteiger partial charge is 0.234 e. The average Bonchev–Trinajstić information content (AvgIpc) is 3.11. The van der Waals surface area contributed by atoms with Crippen LogP contribution in [0.2, 0.25) is 10.0 Å². The van der Waals surface area contributed by atoms with Crippen LogP contribution in [0, 0.1) is 0 Å². The first kappa shape index (κ1) is 22.5. The Bertz CT molecular complexity index is 1020. The number of rotatable bonds is 8. The lowest BCUT2D eigenvalue weighted by Gasteiger charge is -2.21. The van der Waals surface area contributed by atoms with Crippen LogP contribution in [0.1, 0.15) is 13.8 Å². The summed E-state index contributed by atoms with van der Waals surface area (Å²) >= 11 is 13.4. The van der Waals surface area contributed by atoms with Gasteiger partial charge in [0.25, 0.3) is 0 Å². The molecule has 1 N–H and O–H groups in total. The molecule has 1 amide bonds. The highest BCUT2D eigenvalue weighted by molar-refractivity contribution is 7.99. The molecule has 0 radical (unpaired) electrons. The van der Waals surface area contributed by atoms with Gasteiger partial charge in [0.2, 0.25) is 5.91 Å². The van der Waals surface area contributed by atoms with E-state index < -0.39 is 0 Å². The van der Waals surface area contributed by atoms with Crippen molar-refractivity contribution >= 4 is 52.2 Å². The van der Waals surface area contributed by atoms with Crippen molar-refractivity contribution in [1.29, 1.82) is 0 Å². The second kappa shape index (κ2) is 10.2. The number of nitrogens with zero attached hydrogens (tertiary/aromatic N) is 4. The van der Waals surface area contributed by atoms with Crippen LogP contribution >= 0.6 is 35.0 Å². The quantitative estimate of drug-likeness (QED) is 0.455. The van der Waals surface area contributed by atoms with E-state index in [0.29, 0.717) is 20.9 Å². The Labute approximate surface area is 190 Å². The predicted octanol–water partition coefficient (Wildman–Crippen LogP) is 5.37. The number of hydrogen-bond acceptors (Lipinski definition) is 5. The molecular formula is C21H23Cl2N5OS. The van der Waals surface area contributed by atoms with Gasteiger partial charge >= 0.3 is 0 Å². The Morgan fingerprint density at radius 2 is 1.80 bits per heavy atom. The van der Waals surface area contributed by atoms with Crippen molar-refractivity contribution in [1.82, 2.24) is 14.8 Å². The van der Waals surface area contributed by atoms with Crippen LogP contribution < -0.4 is 10.2 Å². The summed E-state index contributed by atoms with van der Waals surface area (Å²) in [7, 11) is 1.89. The van der Waals surface area contributed by atoms with Gasteiger partial charge in [-0.15, -0.1) is 10.2 Å². The van der Waals surface area contributed by atoms with Crippen molar-refractivity contribution in [3.63, 3.8) is 0 Å². The number of aromatic nitrogens is 3. The zero-order valence-electron chi connectivity index (χ0n) is 17.0. The van der Waals surface area contributed by atoms with Crippen LogP contribution in [-0.2, 0) is 11.8 Å². The molecule has 1 heterocycles. The van der Waals surface area contributed by atoms with E-state index in [2.05, 4.69) is 46.4 Å². The number of halogens is 2. The van der Waals surface area contributed by atoms with Gasteiger partial charge < -0.3 is 14.8 Å². The topological polar surface area (TPSA) is 63.1 Å². The van der Waals surface area contributed by atoms with E-state index in [1.54, 1.807) is 18.2 Å². The van der Waals surface area contributed by atoms with Crippen molar-refractivity contribution in [2.75, 3.05) is 29.1 Å². The van der Waals surface area contributed by atoms with Crippen molar-refractivity contribution in [2.45, 2.75) is 19.0 Å². The van der Waals surface area contributed by atoms with Crippen LogP contribution in [0.15, 0.2) is 47.6 Å². The second-order valence-electron chi connectivity index (χ2n) is 6.55. The molecule has 0 fully saturated rings. The van der Waals surface area contributed by atoms with Gasteiger partial charge in [-0.25, -0.2) is 0 Å². The third-order valence-corrected chi connectivity index (χ3v) is 6.21. The van der Waals surface area contributed by atoms with E-state index in [1.807, 2.05) is 23.7 Å². The van der Waals surface area contributed by atoms with Crippen LogP contribution in [0.3, 0.4) is 0 Å². The summed E-state index contributed by atoms with van der Waals surface area (Å²) in [5.74, 6) is 0.731. The molecule has 158 valence electrons. The number of carbonyl (C=O) groups is 1. The van der Waals surface area contributed by atoms with Gasteiger partial charge in [0.15, 0.2) is 11.0 Å². The summed E-state index contributed by atoms with van der Waals surface area (Å²) in [5.41, 5.74) is 2.64. The number of nitrogens with one attached hydrogen (secondary N) is 1. The van der Waals surface area contributed by atoms with Gasteiger partial charge in [-0.05, 0) is 56.3 Å². The van der Waals surface area contributed by atoms with E-state index >= 15 is 0 Å². The van der Waals surface area contributed by atoms with E-state index in [-0.39, 0.29) is 11.7 Å². The third-order valence-electron chi connectivity index (χ3n) is 4.62. The van der Waals surface area contributed by atoms with Crippen LogP contribution in [0.5, 0.6) is 0 Å². The lowest BCUT2D eigenvalue weighted by Crippen LogP contribution is -2.21. The van der Waals surface area contributed by atoms with Crippen LogP contribution in [0.4, 0.5) is 11.4 Å². The maximum atomic E-state index is 12.3. The molecule has 30 heavy (non-hydrogen) atoms. The molecule has 3 rings (SSSR count). The molecule has 0 aliphatic rings. The Balaban J connectivity index is 1.65. The summed E-state index contributed by atoms with van der Waals surface area (Å²) in [6.07, 6.45) is 0. The third kappa shape index (κ3) is 5.28. The fourth-order valence-electron chi connectivity index (χ4n) is 3.01. The minimum Gasteiger partial charge on any atom is -0.372 e. The molecule has 0 atom stereocenters. The Hall–Kier alpha value is -2.22. The molecule has 0 saturated heterocycles. The number of thioether (sulfide) groups is 1. The van der Waals surface area contributed by atoms with E-state index in [1.165, 1.54) is 17.4 Å². The molecule has 2 aromatic carbocycles. The lowest BCUT2D eigenvalue weighted by atomic mass is 10.2. The maximum Gasteiger partial charge on any atom is 0.234 e. The first-order valence-corrected chi connectivity index (χ1v) is 11.3. The Morgan fingerprint density at radius 3 is 2.47 bits per heavy atom. The molecule has 3 aromatic rings. The normalized spacial score (nSPS) is 10.8. The maximum absolute atomic E-state index is 12.3. The molecule has 1 aromatic heterocycles. The standard InChI is InChI=1S/C21H23Cl2N5OS/c1-4-28(5-2)16-9-6-14(7-10-16)20-25-26-21(27(20)3)30-13-19(29)24-18-12-15(22)8-11-17(18)23/h6-12H,4-5,13H2,1-3H3,(H,24,29). The van der Waals surface area contributed by atoms with Gasteiger partial charge in [0.1, 0.15) is 0 Å². The molecule has 6 nitrogen and oxygen atoms in total. The zero-order chi connectivity index (χ0) is 21.7. The predicted molar refractivity (Wildman–Crippen MR) is 126 cm³/mol. The van der Waals surface area contributed by atoms with Crippen molar-refractivity contribution in [3.8, 4) is 11.4 Å². The number of benzene rings is 2. The molecule has 9 heteroatoms. The summed E-state index contributed by atoms with van der Waals surface area (Å²) in [6, 6.07) is 13.2. The fraction of sp³-hybridized carbons (Fsp3) is 0.286. The van der Waals surface area contributed by atoms with Crippen molar-refractivity contribution in [2.24, 2.45) is 7.05 Å². The first-order chi connectivity index (χ1) is 14.4. The minimum absolute atomic E-state index is 0.176. The zero-order valence-corrected chi connectivity index (χ0v) is 19.4. The lowest BCUT2D eigenvalue weighted by molar-refractivity contribution is -0.113. The second-order valence-corrected chi connectivity index (χ2v) is 8.33. The van der Waals surface area contributed by atoms with Crippen LogP contribution in [0.25, 0.3) is 11.4 Å². The molecule has 0 aliphatic heterocycles. The number of carbonyl (C=O) groups excluding carboxylic acids is 1. The highest BCUT2D eigenvalue weighted by Crippen LogP contribution is 2.27. The van der Waals surface area contributed by atoms with Gasteiger partial charge in [0.05, 0.1) is 16.5 Å². The highest BCUT2D eigenvalue weighted by atomic mass is 35.5. The molecule has 0 bridgehead atoms. The summed E-state index contributed by atoms with van der Waals surface area (Å²) in [4.78, 5) is 14.6. The molecule has 0 unspecified atom stereocenters. The Kier molecular flexibility index (Phi) is 7.64. The van der Waals surface area contributed by atoms with Gasteiger partial charge in [-0.3, -0.25) is 4.79 Å². The van der Waals surface area contributed by atoms with E-state index in [9.17, 15) is 4.79 Å². The van der Waals surface area contributed by atoms with E-state index in [4.69, 9.17) is 23.2 Å². The summed E-state index contributed by atoms with van der Waals surface area (Å²) in [5, 5.41) is 12.9. The molecule has 0 aliphatic carbocycles. The molecule has 0 spiro atoms. The van der Waals surface area contributed by atoms with Gasteiger partial charge in [-0.1, -0.05) is 35.0 Å². The largest absolute Gasteiger partial charge is 0.372 e. The number of amides is 1. The van der Waals surface area contributed by atoms with Crippen LogP contribution in [-0.4, -0.2) is 39.5 Å². The first-order valence-electron chi connectivity index (χ1n) is 9.55. The van der Waals surface area contributed by atoms with Crippen molar-refractivity contribution in [3.05, 3.63) is 52.5 Å². The Morgan fingerprint density at radius 1 is 1.10 bits per heavy atom. The average molecular weight is 464 g/mol. The van der Waals surface area contributed by atoms with Crippen molar-refractivity contribution < 1.29 is 4.79 Å². The minimum atomic E-state index is -0.197.